The molecular weight excluding hydrogens is 247 g/mol. The van der Waals surface area contributed by atoms with Crippen LogP contribution in [0.3, 0.4) is 0 Å². The topological polar surface area (TPSA) is 40.5 Å². The molecular formula is C12H14F3NO2. The van der Waals surface area contributed by atoms with Crippen molar-refractivity contribution in [3.8, 4) is 0 Å². The number of carbonyl (C=O) groups is 1. The smallest absolute Gasteiger partial charge is 0.416 e. The molecule has 0 heterocycles. The van der Waals surface area contributed by atoms with Crippen molar-refractivity contribution in [2.75, 3.05) is 7.05 Å². The molecule has 6 heteroatoms. The minimum atomic E-state index is -4.38. The SMILES string of the molecule is CC(C(=O)O)N(C)Cc1cccc(C(F)(F)F)c1. The summed E-state index contributed by atoms with van der Waals surface area (Å²) in [5.74, 6) is -1.01. The first-order valence-corrected chi connectivity index (χ1v) is 5.31. The average Bonchev–Trinajstić information content (AvgIpc) is 2.27. The van der Waals surface area contributed by atoms with E-state index in [1.807, 2.05) is 0 Å². The number of nitrogens with zero attached hydrogens (tertiary/aromatic N) is 1. The van der Waals surface area contributed by atoms with E-state index in [-0.39, 0.29) is 6.54 Å². The molecule has 100 valence electrons. The van der Waals surface area contributed by atoms with Crippen LogP contribution in [-0.2, 0) is 17.5 Å². The van der Waals surface area contributed by atoms with Crippen LogP contribution in [0.1, 0.15) is 18.1 Å². The number of halogens is 3. The van der Waals surface area contributed by atoms with E-state index in [4.69, 9.17) is 5.11 Å². The highest BCUT2D eigenvalue weighted by atomic mass is 19.4. The van der Waals surface area contributed by atoms with Gasteiger partial charge in [0.1, 0.15) is 6.04 Å². The number of carboxylic acid groups (broad SMARTS) is 1. The zero-order chi connectivity index (χ0) is 13.9. The maximum atomic E-state index is 12.5. The molecule has 1 rings (SSSR count). The van der Waals surface area contributed by atoms with Gasteiger partial charge in [0.15, 0.2) is 0 Å². The van der Waals surface area contributed by atoms with E-state index >= 15 is 0 Å². The highest BCUT2D eigenvalue weighted by molar-refractivity contribution is 5.72. The molecule has 0 spiro atoms. The predicted octanol–water partition coefficient (Wildman–Crippen LogP) is 2.61. The van der Waals surface area contributed by atoms with Gasteiger partial charge in [-0.15, -0.1) is 0 Å². The van der Waals surface area contributed by atoms with Crippen LogP contribution in [0.5, 0.6) is 0 Å². The normalized spacial score (nSPS) is 13.7. The molecule has 0 aliphatic carbocycles. The standard InChI is InChI=1S/C12H14F3NO2/c1-8(11(17)18)16(2)7-9-4-3-5-10(6-9)12(13,14)15/h3-6,8H,7H2,1-2H3,(H,17,18). The molecule has 3 nitrogen and oxygen atoms in total. The monoisotopic (exact) mass is 261 g/mol. The molecule has 0 aliphatic rings. The summed E-state index contributed by atoms with van der Waals surface area (Å²) in [4.78, 5) is 12.2. The number of benzene rings is 1. The second-order valence-corrected chi connectivity index (χ2v) is 4.13. The first-order chi connectivity index (χ1) is 8.21. The summed E-state index contributed by atoms with van der Waals surface area (Å²) in [6.45, 7) is 1.63. The van der Waals surface area contributed by atoms with Crippen LogP contribution in [0.15, 0.2) is 24.3 Å². The zero-order valence-corrected chi connectivity index (χ0v) is 10.0. The van der Waals surface area contributed by atoms with E-state index in [2.05, 4.69) is 0 Å². The Morgan fingerprint density at radius 2 is 2.06 bits per heavy atom. The van der Waals surface area contributed by atoms with Crippen LogP contribution in [0.2, 0.25) is 0 Å². The minimum Gasteiger partial charge on any atom is -0.480 e. The van der Waals surface area contributed by atoms with Crippen LogP contribution in [0, 0.1) is 0 Å². The van der Waals surface area contributed by atoms with E-state index in [1.54, 1.807) is 13.1 Å². The van der Waals surface area contributed by atoms with Crippen molar-refractivity contribution in [1.82, 2.24) is 4.90 Å². The Balaban J connectivity index is 2.83. The maximum absolute atomic E-state index is 12.5. The van der Waals surface area contributed by atoms with E-state index in [1.165, 1.54) is 17.9 Å². The molecule has 1 N–H and O–H groups in total. The van der Waals surface area contributed by atoms with Crippen LogP contribution in [0.25, 0.3) is 0 Å². The van der Waals surface area contributed by atoms with Gasteiger partial charge in [0, 0.05) is 6.54 Å². The molecule has 1 aromatic rings. The number of hydrogen-bond acceptors (Lipinski definition) is 2. The number of likely N-dealkylation sites (N-methyl/N-ethyl adjacent to an activating group) is 1. The molecule has 1 atom stereocenters. The molecule has 1 unspecified atom stereocenters. The number of alkyl halides is 3. The summed E-state index contributed by atoms with van der Waals surface area (Å²) < 4.78 is 37.5. The average molecular weight is 261 g/mol. The van der Waals surface area contributed by atoms with Crippen molar-refractivity contribution < 1.29 is 23.1 Å². The van der Waals surface area contributed by atoms with Crippen molar-refractivity contribution >= 4 is 5.97 Å². The van der Waals surface area contributed by atoms with Crippen molar-refractivity contribution in [1.29, 1.82) is 0 Å². The molecule has 0 bridgehead atoms. The van der Waals surface area contributed by atoms with Crippen molar-refractivity contribution in [2.45, 2.75) is 25.7 Å². The summed E-state index contributed by atoms with van der Waals surface area (Å²) in [5, 5.41) is 8.79. The fourth-order valence-corrected chi connectivity index (χ4v) is 1.46. The lowest BCUT2D eigenvalue weighted by molar-refractivity contribution is -0.142. The van der Waals surface area contributed by atoms with Gasteiger partial charge < -0.3 is 5.11 Å². The third-order valence-electron chi connectivity index (χ3n) is 2.70. The molecule has 1 aromatic carbocycles. The quantitative estimate of drug-likeness (QED) is 0.905. The van der Waals surface area contributed by atoms with Crippen LogP contribution < -0.4 is 0 Å². The van der Waals surface area contributed by atoms with E-state index < -0.39 is 23.8 Å². The number of carboxylic acids is 1. The van der Waals surface area contributed by atoms with Crippen LogP contribution >= 0.6 is 0 Å². The molecule has 0 saturated heterocycles. The summed E-state index contributed by atoms with van der Waals surface area (Å²) in [6.07, 6.45) is -4.38. The Morgan fingerprint density at radius 3 is 2.56 bits per heavy atom. The second kappa shape index (κ2) is 5.39. The van der Waals surface area contributed by atoms with Gasteiger partial charge in [-0.3, -0.25) is 9.69 Å². The zero-order valence-electron chi connectivity index (χ0n) is 10.0. The Hall–Kier alpha value is -1.56. The van der Waals surface area contributed by atoms with Gasteiger partial charge in [-0.25, -0.2) is 0 Å². The van der Waals surface area contributed by atoms with Gasteiger partial charge in [0.05, 0.1) is 5.56 Å². The second-order valence-electron chi connectivity index (χ2n) is 4.13. The number of hydrogen-bond donors (Lipinski definition) is 1. The van der Waals surface area contributed by atoms with Gasteiger partial charge in [0.2, 0.25) is 0 Å². The van der Waals surface area contributed by atoms with Crippen molar-refractivity contribution in [3.63, 3.8) is 0 Å². The summed E-state index contributed by atoms with van der Waals surface area (Å²) in [5.41, 5.74) is -0.295. The summed E-state index contributed by atoms with van der Waals surface area (Å²) in [6, 6.07) is 4.13. The van der Waals surface area contributed by atoms with Crippen LogP contribution in [-0.4, -0.2) is 29.1 Å². The largest absolute Gasteiger partial charge is 0.480 e. The fourth-order valence-electron chi connectivity index (χ4n) is 1.46. The van der Waals surface area contributed by atoms with Crippen molar-refractivity contribution in [2.24, 2.45) is 0 Å². The number of rotatable bonds is 4. The molecule has 0 amide bonds. The van der Waals surface area contributed by atoms with Crippen molar-refractivity contribution in [3.05, 3.63) is 35.4 Å². The van der Waals surface area contributed by atoms with Crippen LogP contribution in [0.4, 0.5) is 13.2 Å². The van der Waals surface area contributed by atoms with E-state index in [9.17, 15) is 18.0 Å². The van der Waals surface area contributed by atoms with Gasteiger partial charge >= 0.3 is 12.1 Å². The first-order valence-electron chi connectivity index (χ1n) is 5.31. The third kappa shape index (κ3) is 3.73. The molecule has 0 saturated carbocycles. The molecule has 0 fully saturated rings. The highest BCUT2D eigenvalue weighted by Crippen LogP contribution is 2.29. The van der Waals surface area contributed by atoms with Gasteiger partial charge in [-0.2, -0.15) is 13.2 Å². The molecule has 0 aromatic heterocycles. The lowest BCUT2D eigenvalue weighted by atomic mass is 10.1. The molecule has 0 radical (unpaired) electrons. The molecule has 18 heavy (non-hydrogen) atoms. The van der Waals surface area contributed by atoms with E-state index in [0.29, 0.717) is 5.56 Å². The first kappa shape index (κ1) is 14.5. The van der Waals surface area contributed by atoms with E-state index in [0.717, 1.165) is 12.1 Å². The van der Waals surface area contributed by atoms with Gasteiger partial charge in [-0.1, -0.05) is 18.2 Å². The third-order valence-corrected chi connectivity index (χ3v) is 2.70. The van der Waals surface area contributed by atoms with Gasteiger partial charge in [-0.05, 0) is 25.6 Å². The Morgan fingerprint density at radius 1 is 1.44 bits per heavy atom. The summed E-state index contributed by atoms with van der Waals surface area (Å²) >= 11 is 0. The maximum Gasteiger partial charge on any atom is 0.416 e. The Kier molecular flexibility index (Phi) is 4.34. The van der Waals surface area contributed by atoms with Gasteiger partial charge in [0.25, 0.3) is 0 Å². The lowest BCUT2D eigenvalue weighted by Crippen LogP contribution is -2.35. The number of aliphatic carboxylic acids is 1. The lowest BCUT2D eigenvalue weighted by Gasteiger charge is -2.21. The minimum absolute atomic E-state index is 0.150. The fraction of sp³-hybridized carbons (Fsp3) is 0.417. The molecule has 0 aliphatic heterocycles. The highest BCUT2D eigenvalue weighted by Gasteiger charge is 2.30. The predicted molar refractivity (Wildman–Crippen MR) is 60.0 cm³/mol. The Bertz CT molecular complexity index is 432. The Labute approximate surface area is 103 Å². The summed E-state index contributed by atoms with van der Waals surface area (Å²) in [7, 11) is 1.55.